The summed E-state index contributed by atoms with van der Waals surface area (Å²) < 4.78 is 5.42. The molecule has 0 aliphatic carbocycles. The number of aryl methyl sites for hydroxylation is 1. The van der Waals surface area contributed by atoms with Gasteiger partial charge in [0.25, 0.3) is 0 Å². The van der Waals surface area contributed by atoms with E-state index in [0.717, 1.165) is 36.2 Å². The lowest BCUT2D eigenvalue weighted by Gasteiger charge is -2.21. The maximum absolute atomic E-state index is 12.3. The second-order valence-corrected chi connectivity index (χ2v) is 5.26. The Morgan fingerprint density at radius 1 is 1.53 bits per heavy atom. The van der Waals surface area contributed by atoms with Crippen LogP contribution in [0.3, 0.4) is 0 Å². The van der Waals surface area contributed by atoms with Crippen molar-refractivity contribution < 1.29 is 9.21 Å². The molecule has 4 heteroatoms. The van der Waals surface area contributed by atoms with E-state index in [4.69, 9.17) is 4.42 Å². The Bertz CT molecular complexity index is 597. The van der Waals surface area contributed by atoms with Crippen molar-refractivity contribution in [2.24, 2.45) is 5.92 Å². The lowest BCUT2D eigenvalue weighted by Crippen LogP contribution is -2.31. The number of benzene rings is 1. The van der Waals surface area contributed by atoms with Crippen LogP contribution in [-0.4, -0.2) is 23.9 Å². The lowest BCUT2D eigenvalue weighted by molar-refractivity contribution is 0.0954. The first-order valence-electron chi connectivity index (χ1n) is 6.83. The van der Waals surface area contributed by atoms with Crippen LogP contribution in [-0.2, 0) is 0 Å². The molecule has 0 bridgehead atoms. The number of ketones is 1. The van der Waals surface area contributed by atoms with E-state index in [-0.39, 0.29) is 5.78 Å². The van der Waals surface area contributed by atoms with Gasteiger partial charge in [-0.2, -0.15) is 0 Å². The molecule has 0 radical (unpaired) electrons. The van der Waals surface area contributed by atoms with Crippen molar-refractivity contribution in [3.63, 3.8) is 0 Å². The van der Waals surface area contributed by atoms with Gasteiger partial charge in [0.2, 0.25) is 0 Å². The summed E-state index contributed by atoms with van der Waals surface area (Å²) >= 11 is 0. The highest BCUT2D eigenvalue weighted by atomic mass is 16.3. The number of rotatable bonds is 3. The number of oxazole rings is 1. The lowest BCUT2D eigenvalue weighted by atomic mass is 9.92. The van der Waals surface area contributed by atoms with E-state index in [1.807, 2.05) is 25.1 Å². The number of Topliss-reactive ketones (excluding diaryl/α,β-unsaturated/α-hetero) is 1. The van der Waals surface area contributed by atoms with Gasteiger partial charge >= 0.3 is 0 Å². The number of piperidine rings is 1. The molecule has 3 rings (SSSR count). The number of fused-ring (bicyclic) bond motifs is 1. The highest BCUT2D eigenvalue weighted by Crippen LogP contribution is 2.21. The highest BCUT2D eigenvalue weighted by Gasteiger charge is 2.18. The number of hydrogen-bond acceptors (Lipinski definition) is 4. The van der Waals surface area contributed by atoms with Gasteiger partial charge in [-0.1, -0.05) is 0 Å². The molecule has 0 saturated carbocycles. The average Bonchev–Trinajstić information content (AvgIpc) is 2.78. The topological polar surface area (TPSA) is 55.1 Å². The molecule has 19 heavy (non-hydrogen) atoms. The first-order chi connectivity index (χ1) is 9.22. The van der Waals surface area contributed by atoms with Gasteiger partial charge in [-0.3, -0.25) is 4.79 Å². The van der Waals surface area contributed by atoms with Gasteiger partial charge in [0.1, 0.15) is 5.52 Å². The quantitative estimate of drug-likeness (QED) is 0.860. The minimum absolute atomic E-state index is 0.205. The Kier molecular flexibility index (Phi) is 3.34. The molecule has 0 spiro atoms. The normalized spacial score (nSPS) is 19.7. The van der Waals surface area contributed by atoms with Crippen LogP contribution in [0.15, 0.2) is 22.6 Å². The molecule has 1 fully saturated rings. The monoisotopic (exact) mass is 258 g/mol. The zero-order chi connectivity index (χ0) is 13.2. The zero-order valence-electron chi connectivity index (χ0n) is 11.1. The Morgan fingerprint density at radius 2 is 2.42 bits per heavy atom. The van der Waals surface area contributed by atoms with Crippen LogP contribution < -0.4 is 5.32 Å². The molecule has 1 atom stereocenters. The number of nitrogens with one attached hydrogen (secondary N) is 1. The maximum Gasteiger partial charge on any atom is 0.192 e. The molecule has 1 aromatic carbocycles. The van der Waals surface area contributed by atoms with Gasteiger partial charge in [0, 0.05) is 18.9 Å². The van der Waals surface area contributed by atoms with E-state index in [2.05, 4.69) is 10.3 Å². The molecule has 1 unspecified atom stereocenters. The highest BCUT2D eigenvalue weighted by molar-refractivity contribution is 5.98. The number of carbonyl (C=O) groups is 1. The van der Waals surface area contributed by atoms with E-state index in [1.54, 1.807) is 0 Å². The zero-order valence-corrected chi connectivity index (χ0v) is 11.1. The van der Waals surface area contributed by atoms with E-state index >= 15 is 0 Å². The summed E-state index contributed by atoms with van der Waals surface area (Å²) in [6, 6.07) is 5.51. The maximum atomic E-state index is 12.3. The molecule has 1 aliphatic heterocycles. The Hall–Kier alpha value is -1.68. The van der Waals surface area contributed by atoms with Crippen LogP contribution >= 0.6 is 0 Å². The number of hydrogen-bond donors (Lipinski definition) is 1. The first kappa shape index (κ1) is 12.4. The minimum Gasteiger partial charge on any atom is -0.441 e. The van der Waals surface area contributed by atoms with Gasteiger partial charge in [-0.15, -0.1) is 0 Å². The smallest absolute Gasteiger partial charge is 0.192 e. The molecule has 4 nitrogen and oxygen atoms in total. The minimum atomic E-state index is 0.205. The predicted octanol–water partition coefficient (Wildman–Crippen LogP) is 2.71. The third-order valence-electron chi connectivity index (χ3n) is 3.69. The van der Waals surface area contributed by atoms with Gasteiger partial charge < -0.3 is 9.73 Å². The van der Waals surface area contributed by atoms with Gasteiger partial charge in [-0.25, -0.2) is 4.98 Å². The van der Waals surface area contributed by atoms with E-state index in [1.165, 1.54) is 6.42 Å². The second-order valence-electron chi connectivity index (χ2n) is 5.26. The van der Waals surface area contributed by atoms with E-state index in [0.29, 0.717) is 18.2 Å². The van der Waals surface area contributed by atoms with Crippen molar-refractivity contribution in [2.45, 2.75) is 26.2 Å². The molecule has 2 aromatic rings. The van der Waals surface area contributed by atoms with Gasteiger partial charge in [0.05, 0.1) is 0 Å². The molecule has 1 N–H and O–H groups in total. The van der Waals surface area contributed by atoms with Crippen LogP contribution in [0.2, 0.25) is 0 Å². The molecular weight excluding hydrogens is 240 g/mol. The SMILES string of the molecule is Cc1nc2cc(C(=O)CC3CCCNC3)ccc2o1. The summed E-state index contributed by atoms with van der Waals surface area (Å²) in [5, 5.41) is 3.35. The molecule has 2 heterocycles. The fourth-order valence-electron chi connectivity index (χ4n) is 2.69. The van der Waals surface area contributed by atoms with Crippen LogP contribution in [0.5, 0.6) is 0 Å². The largest absolute Gasteiger partial charge is 0.441 e. The van der Waals surface area contributed by atoms with Crippen molar-refractivity contribution in [1.82, 2.24) is 10.3 Å². The summed E-state index contributed by atoms with van der Waals surface area (Å²) in [6.07, 6.45) is 2.93. The summed E-state index contributed by atoms with van der Waals surface area (Å²) in [4.78, 5) is 16.5. The number of carbonyl (C=O) groups excluding carboxylic acids is 1. The molecule has 0 amide bonds. The first-order valence-corrected chi connectivity index (χ1v) is 6.83. The van der Waals surface area contributed by atoms with Crippen molar-refractivity contribution in [3.05, 3.63) is 29.7 Å². The standard InChI is InChI=1S/C15H18N2O2/c1-10-17-13-8-12(4-5-15(13)19-10)14(18)7-11-3-2-6-16-9-11/h4-5,8,11,16H,2-3,6-7,9H2,1H3. The Balaban J connectivity index is 1.76. The van der Waals surface area contributed by atoms with Crippen LogP contribution in [0.25, 0.3) is 11.1 Å². The Morgan fingerprint density at radius 3 is 3.21 bits per heavy atom. The van der Waals surface area contributed by atoms with Gasteiger partial charge in [0.15, 0.2) is 17.3 Å². The number of aromatic nitrogens is 1. The summed E-state index contributed by atoms with van der Waals surface area (Å²) in [6.45, 7) is 3.85. The molecule has 1 aliphatic rings. The van der Waals surface area contributed by atoms with E-state index < -0.39 is 0 Å². The summed E-state index contributed by atoms with van der Waals surface area (Å²) in [5.74, 6) is 1.31. The summed E-state index contributed by atoms with van der Waals surface area (Å²) in [5.41, 5.74) is 2.25. The fourth-order valence-corrected chi connectivity index (χ4v) is 2.69. The predicted molar refractivity (Wildman–Crippen MR) is 73.3 cm³/mol. The fraction of sp³-hybridized carbons (Fsp3) is 0.467. The van der Waals surface area contributed by atoms with Crippen molar-refractivity contribution in [2.75, 3.05) is 13.1 Å². The van der Waals surface area contributed by atoms with E-state index in [9.17, 15) is 4.79 Å². The van der Waals surface area contributed by atoms with Crippen LogP contribution in [0.4, 0.5) is 0 Å². The molecule has 100 valence electrons. The molecule has 1 aromatic heterocycles. The molecular formula is C15H18N2O2. The van der Waals surface area contributed by atoms with Crippen LogP contribution in [0.1, 0.15) is 35.5 Å². The molecule has 1 saturated heterocycles. The van der Waals surface area contributed by atoms with Gasteiger partial charge in [-0.05, 0) is 50.0 Å². The van der Waals surface area contributed by atoms with Crippen LogP contribution in [0, 0.1) is 12.8 Å². The van der Waals surface area contributed by atoms with Crippen molar-refractivity contribution >= 4 is 16.9 Å². The van der Waals surface area contributed by atoms with Crippen molar-refractivity contribution in [1.29, 1.82) is 0 Å². The number of nitrogens with zero attached hydrogens (tertiary/aromatic N) is 1. The third-order valence-corrected chi connectivity index (χ3v) is 3.69. The average molecular weight is 258 g/mol. The second kappa shape index (κ2) is 5.13. The summed E-state index contributed by atoms with van der Waals surface area (Å²) in [7, 11) is 0. The third kappa shape index (κ3) is 2.68. The Labute approximate surface area is 112 Å². The van der Waals surface area contributed by atoms with Crippen molar-refractivity contribution in [3.8, 4) is 0 Å².